The lowest BCUT2D eigenvalue weighted by molar-refractivity contribution is -0.117. The maximum absolute atomic E-state index is 13.7. The highest BCUT2D eigenvalue weighted by Gasteiger charge is 2.24. The van der Waals surface area contributed by atoms with Crippen molar-refractivity contribution in [3.05, 3.63) is 53.3 Å². The minimum Gasteiger partial charge on any atom is -0.324 e. The fourth-order valence-electron chi connectivity index (χ4n) is 2.42. The number of para-hydroxylation sites is 1. The normalized spacial score (nSPS) is 13.6. The van der Waals surface area contributed by atoms with Crippen LogP contribution in [0.15, 0.2) is 47.4 Å². The van der Waals surface area contributed by atoms with Gasteiger partial charge in [0.2, 0.25) is 11.8 Å². The number of amides is 2. The number of anilines is 2. The van der Waals surface area contributed by atoms with Crippen LogP contribution in [0.2, 0.25) is 5.02 Å². The predicted molar refractivity (Wildman–Crippen MR) is 94.2 cm³/mol. The Labute approximate surface area is 148 Å². The van der Waals surface area contributed by atoms with E-state index in [1.54, 1.807) is 4.90 Å². The first-order chi connectivity index (χ1) is 11.5. The molecule has 0 unspecified atom stereocenters. The summed E-state index contributed by atoms with van der Waals surface area (Å²) in [4.78, 5) is 26.8. The summed E-state index contributed by atoms with van der Waals surface area (Å²) in [7, 11) is 0. The maximum Gasteiger partial charge on any atom is 0.237 e. The van der Waals surface area contributed by atoms with Crippen molar-refractivity contribution in [3.63, 3.8) is 0 Å². The van der Waals surface area contributed by atoms with Crippen LogP contribution in [0, 0.1) is 5.82 Å². The van der Waals surface area contributed by atoms with Gasteiger partial charge in [0.15, 0.2) is 0 Å². The van der Waals surface area contributed by atoms with E-state index in [1.807, 2.05) is 24.3 Å². The van der Waals surface area contributed by atoms with E-state index in [4.69, 9.17) is 11.6 Å². The second-order valence-corrected chi connectivity index (χ2v) is 6.68. The summed E-state index contributed by atoms with van der Waals surface area (Å²) in [5, 5.41) is 2.76. The summed E-state index contributed by atoms with van der Waals surface area (Å²) in [6.07, 6.45) is 0.0762. The number of thioether (sulfide) groups is 1. The Kier molecular flexibility index (Phi) is 5.06. The SMILES string of the molecule is O=C(CCN1C(=O)CSc2ccccc21)Nc1ccc(Cl)cc1F. The average Bonchev–Trinajstić information content (AvgIpc) is 2.56. The third-order valence-electron chi connectivity index (χ3n) is 3.58. The summed E-state index contributed by atoms with van der Waals surface area (Å²) in [6, 6.07) is 11.6. The standard InChI is InChI=1S/C17H14ClFN2O2S/c18-11-5-6-13(12(19)9-11)20-16(22)7-8-21-14-3-1-2-4-15(14)24-10-17(21)23/h1-6,9H,7-8,10H2,(H,20,22). The molecule has 0 saturated carbocycles. The zero-order chi connectivity index (χ0) is 17.1. The Hall–Kier alpha value is -2.05. The summed E-state index contributed by atoms with van der Waals surface area (Å²) >= 11 is 7.17. The number of halogens is 2. The van der Waals surface area contributed by atoms with Gasteiger partial charge in [-0.05, 0) is 30.3 Å². The predicted octanol–water partition coefficient (Wildman–Crippen LogP) is 3.95. The van der Waals surface area contributed by atoms with Crippen LogP contribution in [-0.2, 0) is 9.59 Å². The molecule has 0 radical (unpaired) electrons. The number of nitrogens with one attached hydrogen (secondary N) is 1. The molecule has 0 bridgehead atoms. The van der Waals surface area contributed by atoms with E-state index in [0.717, 1.165) is 16.6 Å². The van der Waals surface area contributed by atoms with E-state index in [-0.39, 0.29) is 35.5 Å². The van der Waals surface area contributed by atoms with Crippen molar-refractivity contribution in [2.24, 2.45) is 0 Å². The Bertz CT molecular complexity index is 800. The van der Waals surface area contributed by atoms with E-state index in [1.165, 1.54) is 23.9 Å². The zero-order valence-electron chi connectivity index (χ0n) is 12.6. The number of benzene rings is 2. The summed E-state index contributed by atoms with van der Waals surface area (Å²) in [5.41, 5.74) is 0.884. The number of nitrogens with zero attached hydrogens (tertiary/aromatic N) is 1. The smallest absolute Gasteiger partial charge is 0.237 e. The van der Waals surface area contributed by atoms with Gasteiger partial charge in [-0.3, -0.25) is 9.59 Å². The van der Waals surface area contributed by atoms with Gasteiger partial charge in [0.1, 0.15) is 5.82 Å². The number of carbonyl (C=O) groups is 2. The second kappa shape index (κ2) is 7.23. The Morgan fingerprint density at radius 3 is 2.88 bits per heavy atom. The van der Waals surface area contributed by atoms with Gasteiger partial charge in [-0.2, -0.15) is 0 Å². The van der Waals surface area contributed by atoms with Gasteiger partial charge in [-0.1, -0.05) is 23.7 Å². The molecule has 2 amide bonds. The van der Waals surface area contributed by atoms with E-state index in [2.05, 4.69) is 5.32 Å². The highest BCUT2D eigenvalue weighted by atomic mass is 35.5. The van der Waals surface area contributed by atoms with Gasteiger partial charge in [0.25, 0.3) is 0 Å². The number of fused-ring (bicyclic) bond motifs is 1. The van der Waals surface area contributed by atoms with Crippen molar-refractivity contribution >= 4 is 46.6 Å². The topological polar surface area (TPSA) is 49.4 Å². The molecule has 1 aliphatic heterocycles. The number of hydrogen-bond acceptors (Lipinski definition) is 3. The fourth-order valence-corrected chi connectivity index (χ4v) is 3.51. The largest absolute Gasteiger partial charge is 0.324 e. The monoisotopic (exact) mass is 364 g/mol. The third kappa shape index (κ3) is 3.71. The summed E-state index contributed by atoms with van der Waals surface area (Å²) in [5.74, 6) is -0.639. The van der Waals surface area contributed by atoms with Gasteiger partial charge in [0.05, 0.1) is 17.1 Å². The van der Waals surface area contributed by atoms with Gasteiger partial charge in [0, 0.05) is 22.9 Å². The van der Waals surface area contributed by atoms with E-state index in [9.17, 15) is 14.0 Å². The molecular weight excluding hydrogens is 351 g/mol. The number of carbonyl (C=O) groups excluding carboxylic acids is 2. The molecule has 1 aliphatic rings. The molecule has 0 saturated heterocycles. The molecule has 124 valence electrons. The molecule has 0 fully saturated rings. The lowest BCUT2D eigenvalue weighted by atomic mass is 10.2. The van der Waals surface area contributed by atoms with Crippen molar-refractivity contribution in [2.45, 2.75) is 11.3 Å². The van der Waals surface area contributed by atoms with Crippen LogP contribution in [-0.4, -0.2) is 24.1 Å². The van der Waals surface area contributed by atoms with Crippen LogP contribution >= 0.6 is 23.4 Å². The van der Waals surface area contributed by atoms with Crippen molar-refractivity contribution < 1.29 is 14.0 Å². The van der Waals surface area contributed by atoms with Crippen molar-refractivity contribution in [3.8, 4) is 0 Å². The molecule has 24 heavy (non-hydrogen) atoms. The van der Waals surface area contributed by atoms with E-state index >= 15 is 0 Å². The molecule has 0 aromatic heterocycles. The fraction of sp³-hybridized carbons (Fsp3) is 0.176. The van der Waals surface area contributed by atoms with Crippen LogP contribution in [0.5, 0.6) is 0 Å². The zero-order valence-corrected chi connectivity index (χ0v) is 14.2. The average molecular weight is 365 g/mol. The van der Waals surface area contributed by atoms with Gasteiger partial charge >= 0.3 is 0 Å². The Morgan fingerprint density at radius 1 is 1.29 bits per heavy atom. The lowest BCUT2D eigenvalue weighted by Crippen LogP contribution is -2.37. The van der Waals surface area contributed by atoms with Gasteiger partial charge in [-0.15, -0.1) is 11.8 Å². The molecule has 1 N–H and O–H groups in total. The Balaban J connectivity index is 1.65. The van der Waals surface area contributed by atoms with E-state index < -0.39 is 5.82 Å². The first-order valence-corrected chi connectivity index (χ1v) is 8.68. The molecule has 3 rings (SSSR count). The minimum absolute atomic E-state index is 0.0378. The molecule has 1 heterocycles. The maximum atomic E-state index is 13.7. The van der Waals surface area contributed by atoms with Gasteiger partial charge < -0.3 is 10.2 Å². The summed E-state index contributed by atoms with van der Waals surface area (Å²) in [6.45, 7) is 0.247. The quantitative estimate of drug-likeness (QED) is 0.893. The first-order valence-electron chi connectivity index (χ1n) is 7.31. The highest BCUT2D eigenvalue weighted by Crippen LogP contribution is 2.34. The number of rotatable bonds is 4. The molecular formula is C17H14ClFN2O2S. The molecule has 4 nitrogen and oxygen atoms in total. The second-order valence-electron chi connectivity index (χ2n) is 5.22. The molecule has 0 spiro atoms. The van der Waals surface area contributed by atoms with Crippen LogP contribution in [0.4, 0.5) is 15.8 Å². The molecule has 7 heteroatoms. The summed E-state index contributed by atoms with van der Waals surface area (Å²) < 4.78 is 13.7. The van der Waals surface area contributed by atoms with Crippen LogP contribution < -0.4 is 10.2 Å². The van der Waals surface area contributed by atoms with E-state index in [0.29, 0.717) is 5.75 Å². The van der Waals surface area contributed by atoms with Crippen LogP contribution in [0.25, 0.3) is 0 Å². The minimum atomic E-state index is -0.591. The highest BCUT2D eigenvalue weighted by molar-refractivity contribution is 8.00. The number of hydrogen-bond donors (Lipinski definition) is 1. The molecule has 2 aromatic carbocycles. The van der Waals surface area contributed by atoms with Crippen LogP contribution in [0.1, 0.15) is 6.42 Å². The van der Waals surface area contributed by atoms with Crippen molar-refractivity contribution in [1.82, 2.24) is 0 Å². The third-order valence-corrected chi connectivity index (χ3v) is 4.86. The molecule has 0 atom stereocenters. The van der Waals surface area contributed by atoms with Gasteiger partial charge in [-0.25, -0.2) is 4.39 Å². The van der Waals surface area contributed by atoms with Crippen molar-refractivity contribution in [1.29, 1.82) is 0 Å². The lowest BCUT2D eigenvalue weighted by Gasteiger charge is -2.28. The molecule has 2 aromatic rings. The van der Waals surface area contributed by atoms with Crippen molar-refractivity contribution in [2.75, 3.05) is 22.5 Å². The van der Waals surface area contributed by atoms with Crippen LogP contribution in [0.3, 0.4) is 0 Å². The first kappa shape index (κ1) is 16.8. The molecule has 0 aliphatic carbocycles. The Morgan fingerprint density at radius 2 is 2.08 bits per heavy atom.